The Hall–Kier alpha value is -1.34. The summed E-state index contributed by atoms with van der Waals surface area (Å²) in [5.74, 6) is -0.205. The van der Waals surface area contributed by atoms with Crippen LogP contribution < -0.4 is 11.1 Å². The molecule has 0 fully saturated rings. The number of hydrogen-bond acceptors (Lipinski definition) is 5. The predicted molar refractivity (Wildman–Crippen MR) is 88.0 cm³/mol. The third-order valence-electron chi connectivity index (χ3n) is 2.68. The quantitative estimate of drug-likeness (QED) is 0.817. The molecule has 0 aliphatic heterocycles. The minimum absolute atomic E-state index is 0.204. The van der Waals surface area contributed by atoms with Crippen LogP contribution in [0.3, 0.4) is 0 Å². The number of hydrogen-bond donors (Lipinski definition) is 2. The second kappa shape index (κ2) is 7.09. The van der Waals surface area contributed by atoms with Crippen LogP contribution in [-0.2, 0) is 11.3 Å². The molecular weight excluding hydrogens is 331 g/mol. The summed E-state index contributed by atoms with van der Waals surface area (Å²) >= 11 is 13.4. The molecule has 112 valence electrons. The lowest BCUT2D eigenvalue weighted by molar-refractivity contribution is -0.117. The Labute approximate surface area is 136 Å². The van der Waals surface area contributed by atoms with Crippen LogP contribution in [0.15, 0.2) is 23.0 Å². The second-order valence-corrected chi connectivity index (χ2v) is 6.11. The first-order valence-electron chi connectivity index (χ1n) is 6.05. The van der Waals surface area contributed by atoms with Gasteiger partial charge in [0.15, 0.2) is 0 Å². The molecule has 0 aliphatic rings. The van der Waals surface area contributed by atoms with Crippen LogP contribution in [0.25, 0.3) is 0 Å². The van der Waals surface area contributed by atoms with E-state index in [1.54, 1.807) is 11.6 Å². The number of carbonyl (C=O) groups excluding carboxylic acids is 1. The highest BCUT2D eigenvalue weighted by molar-refractivity contribution is 7.07. The number of anilines is 2. The number of thiazole rings is 1. The zero-order chi connectivity index (χ0) is 15.4. The maximum atomic E-state index is 12.0. The summed E-state index contributed by atoms with van der Waals surface area (Å²) in [4.78, 5) is 18.0. The summed E-state index contributed by atoms with van der Waals surface area (Å²) < 4.78 is 0. The van der Waals surface area contributed by atoms with Gasteiger partial charge in [-0.1, -0.05) is 23.2 Å². The minimum atomic E-state index is -0.205. The molecule has 0 radical (unpaired) electrons. The molecule has 0 saturated heterocycles. The Morgan fingerprint density at radius 1 is 1.48 bits per heavy atom. The highest BCUT2D eigenvalue weighted by Gasteiger charge is 2.13. The first-order chi connectivity index (χ1) is 9.95. The molecular formula is C13H14Cl2N4OS. The smallest absolute Gasteiger partial charge is 0.238 e. The van der Waals surface area contributed by atoms with E-state index in [0.29, 0.717) is 28.0 Å². The normalized spacial score (nSPS) is 10.9. The van der Waals surface area contributed by atoms with E-state index < -0.39 is 0 Å². The maximum Gasteiger partial charge on any atom is 0.238 e. The Morgan fingerprint density at radius 3 is 2.86 bits per heavy atom. The van der Waals surface area contributed by atoms with Gasteiger partial charge < -0.3 is 11.1 Å². The number of aromatic nitrogens is 1. The van der Waals surface area contributed by atoms with Crippen LogP contribution in [-0.4, -0.2) is 29.4 Å². The largest absolute Gasteiger partial charge is 0.397 e. The molecule has 1 aromatic heterocycles. The van der Waals surface area contributed by atoms with Gasteiger partial charge in [0, 0.05) is 16.9 Å². The van der Waals surface area contributed by atoms with Gasteiger partial charge in [-0.05, 0) is 19.2 Å². The molecule has 0 bridgehead atoms. The number of benzene rings is 1. The van der Waals surface area contributed by atoms with Crippen LogP contribution in [0.2, 0.25) is 10.0 Å². The lowest BCUT2D eigenvalue weighted by Gasteiger charge is -2.16. The SMILES string of the molecule is CN(CC(=O)Nc1c(N)cc(Cl)cc1Cl)Cc1cscn1. The minimum Gasteiger partial charge on any atom is -0.397 e. The highest BCUT2D eigenvalue weighted by atomic mass is 35.5. The molecule has 1 aromatic carbocycles. The summed E-state index contributed by atoms with van der Waals surface area (Å²) in [6.45, 7) is 0.802. The number of likely N-dealkylation sites (N-methyl/N-ethyl adjacent to an activating group) is 1. The van der Waals surface area contributed by atoms with Gasteiger partial charge in [-0.25, -0.2) is 4.98 Å². The zero-order valence-corrected chi connectivity index (χ0v) is 13.6. The van der Waals surface area contributed by atoms with Crippen molar-refractivity contribution in [3.8, 4) is 0 Å². The monoisotopic (exact) mass is 344 g/mol. The highest BCUT2D eigenvalue weighted by Crippen LogP contribution is 2.31. The van der Waals surface area contributed by atoms with Crippen molar-refractivity contribution in [1.82, 2.24) is 9.88 Å². The molecule has 1 heterocycles. The summed E-state index contributed by atoms with van der Waals surface area (Å²) in [5.41, 5.74) is 9.22. The van der Waals surface area contributed by atoms with Gasteiger partial charge in [0.2, 0.25) is 5.91 Å². The lowest BCUT2D eigenvalue weighted by atomic mass is 10.2. The molecule has 8 heteroatoms. The van der Waals surface area contributed by atoms with Gasteiger partial charge >= 0.3 is 0 Å². The summed E-state index contributed by atoms with van der Waals surface area (Å²) in [5, 5.41) is 5.39. The standard InChI is InChI=1S/C13H14Cl2N4OS/c1-19(4-9-6-21-7-17-9)5-12(20)18-13-10(15)2-8(14)3-11(13)16/h2-3,6-7H,4-5,16H2,1H3,(H,18,20). The van der Waals surface area contributed by atoms with Crippen molar-refractivity contribution in [3.05, 3.63) is 38.8 Å². The van der Waals surface area contributed by atoms with E-state index in [1.165, 1.54) is 17.4 Å². The number of halogens is 2. The van der Waals surface area contributed by atoms with E-state index in [4.69, 9.17) is 28.9 Å². The molecule has 0 atom stereocenters. The molecule has 5 nitrogen and oxygen atoms in total. The van der Waals surface area contributed by atoms with Crippen LogP contribution in [0, 0.1) is 0 Å². The Bertz CT molecular complexity index is 610. The van der Waals surface area contributed by atoms with Crippen LogP contribution >= 0.6 is 34.5 Å². The van der Waals surface area contributed by atoms with Crippen molar-refractivity contribution in [1.29, 1.82) is 0 Å². The van der Waals surface area contributed by atoms with Gasteiger partial charge in [-0.15, -0.1) is 11.3 Å². The number of carbonyl (C=O) groups is 1. The number of amides is 1. The number of rotatable bonds is 5. The molecule has 0 aliphatic carbocycles. The van der Waals surface area contributed by atoms with Gasteiger partial charge in [0.05, 0.1) is 34.1 Å². The van der Waals surface area contributed by atoms with Crippen molar-refractivity contribution in [2.45, 2.75) is 6.54 Å². The Balaban J connectivity index is 1.95. The fraction of sp³-hybridized carbons (Fsp3) is 0.231. The van der Waals surface area contributed by atoms with Gasteiger partial charge in [-0.2, -0.15) is 0 Å². The van der Waals surface area contributed by atoms with Crippen LogP contribution in [0.4, 0.5) is 11.4 Å². The van der Waals surface area contributed by atoms with Crippen molar-refractivity contribution in [3.63, 3.8) is 0 Å². The van der Waals surface area contributed by atoms with Gasteiger partial charge in [0.25, 0.3) is 0 Å². The Kier molecular flexibility index (Phi) is 5.41. The number of nitrogens with two attached hydrogens (primary N) is 1. The van der Waals surface area contributed by atoms with E-state index in [1.807, 2.05) is 17.3 Å². The van der Waals surface area contributed by atoms with E-state index in [-0.39, 0.29) is 12.5 Å². The third kappa shape index (κ3) is 4.57. The van der Waals surface area contributed by atoms with Crippen LogP contribution in [0.5, 0.6) is 0 Å². The topological polar surface area (TPSA) is 71.2 Å². The molecule has 21 heavy (non-hydrogen) atoms. The van der Waals surface area contributed by atoms with Crippen molar-refractivity contribution >= 4 is 51.8 Å². The predicted octanol–water partition coefficient (Wildman–Crippen LogP) is 3.10. The average molecular weight is 345 g/mol. The molecule has 0 spiro atoms. The molecule has 1 amide bonds. The molecule has 2 aromatic rings. The van der Waals surface area contributed by atoms with E-state index in [2.05, 4.69) is 10.3 Å². The summed E-state index contributed by atoms with van der Waals surface area (Å²) in [7, 11) is 1.84. The number of nitrogen functional groups attached to an aromatic ring is 1. The summed E-state index contributed by atoms with van der Waals surface area (Å²) in [6.07, 6.45) is 0. The van der Waals surface area contributed by atoms with Crippen molar-refractivity contribution < 1.29 is 4.79 Å². The first kappa shape index (κ1) is 16.0. The van der Waals surface area contributed by atoms with Crippen molar-refractivity contribution in [2.75, 3.05) is 24.6 Å². The van der Waals surface area contributed by atoms with Gasteiger partial charge in [0.1, 0.15) is 0 Å². The summed E-state index contributed by atoms with van der Waals surface area (Å²) in [6, 6.07) is 3.08. The molecule has 0 unspecified atom stereocenters. The van der Waals surface area contributed by atoms with E-state index in [9.17, 15) is 4.79 Å². The average Bonchev–Trinajstić information content (AvgIpc) is 2.86. The molecule has 0 saturated carbocycles. The number of nitrogens with one attached hydrogen (secondary N) is 1. The lowest BCUT2D eigenvalue weighted by Crippen LogP contribution is -2.30. The Morgan fingerprint density at radius 2 is 2.24 bits per heavy atom. The fourth-order valence-corrected chi connectivity index (χ4v) is 2.90. The van der Waals surface area contributed by atoms with Crippen molar-refractivity contribution in [2.24, 2.45) is 0 Å². The molecule has 3 N–H and O–H groups in total. The first-order valence-corrected chi connectivity index (χ1v) is 7.75. The fourth-order valence-electron chi connectivity index (χ4n) is 1.80. The second-order valence-electron chi connectivity index (χ2n) is 4.55. The number of nitrogens with zero attached hydrogens (tertiary/aromatic N) is 2. The van der Waals surface area contributed by atoms with E-state index in [0.717, 1.165) is 5.69 Å². The third-order valence-corrected chi connectivity index (χ3v) is 3.83. The van der Waals surface area contributed by atoms with Crippen LogP contribution in [0.1, 0.15) is 5.69 Å². The van der Waals surface area contributed by atoms with E-state index >= 15 is 0 Å². The van der Waals surface area contributed by atoms with Gasteiger partial charge in [-0.3, -0.25) is 9.69 Å². The molecule has 2 rings (SSSR count). The maximum absolute atomic E-state index is 12.0. The zero-order valence-electron chi connectivity index (χ0n) is 11.3.